The molecule has 17 heteroatoms. The van der Waals surface area contributed by atoms with Crippen LogP contribution in [0, 0.1) is 5.92 Å². The quantitative estimate of drug-likeness (QED) is 0.285. The van der Waals surface area contributed by atoms with E-state index in [-0.39, 0.29) is 31.4 Å². The third-order valence-electron chi connectivity index (χ3n) is 9.09. The monoisotopic (exact) mass is 733 g/mol. The maximum atomic E-state index is 14.3. The number of nitrogens with one attached hydrogen (secondary N) is 3. The summed E-state index contributed by atoms with van der Waals surface area (Å²) in [6.07, 6.45) is 4.91. The van der Waals surface area contributed by atoms with E-state index >= 15 is 0 Å². The standard InChI is InChI=1S/C34H47N5O11S/c1-33(2,3)50-32(44)35-24-12-10-8-6-7-9-11-22-19-34(22,31(43)37-51(45,46)38(4)5)36-28(40)25-18-23(20-39(25)29(24)41)49-30(42)21-13-14-26-27(17-21)48-16-15-47-26/h9,11,13-14,17,22-25H,6-8,10,12,15-16,18-20H2,1-5H3,(H,35,44)(H,36,40)(H,37,43)/b11-9-/t22-,23-,24+,25+,34-/m1/s1. The van der Waals surface area contributed by atoms with Crippen molar-refractivity contribution in [1.29, 1.82) is 0 Å². The maximum Gasteiger partial charge on any atom is 0.408 e. The molecule has 1 aromatic rings. The molecular weight excluding hydrogens is 686 g/mol. The lowest BCUT2D eigenvalue weighted by Crippen LogP contribution is -2.58. The van der Waals surface area contributed by atoms with Gasteiger partial charge in [0.25, 0.3) is 5.91 Å². The highest BCUT2D eigenvalue weighted by Crippen LogP contribution is 2.46. The van der Waals surface area contributed by atoms with Crippen molar-refractivity contribution in [2.24, 2.45) is 5.92 Å². The number of rotatable bonds is 6. The third-order valence-corrected chi connectivity index (χ3v) is 10.5. The van der Waals surface area contributed by atoms with Crippen molar-refractivity contribution in [2.45, 2.75) is 95.0 Å². The van der Waals surface area contributed by atoms with Crippen LogP contribution < -0.4 is 24.8 Å². The van der Waals surface area contributed by atoms with Gasteiger partial charge in [0.2, 0.25) is 11.8 Å². The molecular formula is C34H47N5O11S. The minimum absolute atomic E-state index is 0.124. The van der Waals surface area contributed by atoms with E-state index in [2.05, 4.69) is 10.6 Å². The Morgan fingerprint density at radius 1 is 1.06 bits per heavy atom. The van der Waals surface area contributed by atoms with Crippen LogP contribution in [0.4, 0.5) is 4.79 Å². The second-order valence-electron chi connectivity index (χ2n) is 14.4. The van der Waals surface area contributed by atoms with E-state index in [0.29, 0.717) is 37.6 Å². The minimum Gasteiger partial charge on any atom is -0.486 e. The van der Waals surface area contributed by atoms with E-state index < -0.39 is 75.2 Å². The zero-order valence-electron chi connectivity index (χ0n) is 29.6. The van der Waals surface area contributed by atoms with Gasteiger partial charge in [-0.15, -0.1) is 0 Å². The van der Waals surface area contributed by atoms with E-state index in [1.807, 2.05) is 10.8 Å². The number of amides is 4. The van der Waals surface area contributed by atoms with Gasteiger partial charge in [-0.25, -0.2) is 14.3 Å². The predicted molar refractivity (Wildman–Crippen MR) is 182 cm³/mol. The Kier molecular flexibility index (Phi) is 11.2. The van der Waals surface area contributed by atoms with Crippen molar-refractivity contribution in [3.05, 3.63) is 35.9 Å². The van der Waals surface area contributed by atoms with Gasteiger partial charge < -0.3 is 34.5 Å². The average Bonchev–Trinajstić information content (AvgIpc) is 3.58. The van der Waals surface area contributed by atoms with Crippen LogP contribution in [0.2, 0.25) is 0 Å². The summed E-state index contributed by atoms with van der Waals surface area (Å²) in [5.74, 6) is -2.58. The second kappa shape index (κ2) is 15.1. The van der Waals surface area contributed by atoms with Crippen LogP contribution in [0.15, 0.2) is 30.4 Å². The number of hydrogen-bond donors (Lipinski definition) is 3. The van der Waals surface area contributed by atoms with Crippen molar-refractivity contribution < 1.29 is 51.3 Å². The number of esters is 1. The first kappa shape index (κ1) is 37.9. The van der Waals surface area contributed by atoms with Gasteiger partial charge in [-0.2, -0.15) is 12.7 Å². The summed E-state index contributed by atoms with van der Waals surface area (Å²) in [6.45, 7) is 5.60. The Hall–Kier alpha value is -4.38. The SMILES string of the molecule is CN(C)S(=O)(=O)NC(=O)[C@@]12C[C@H]1/C=C\CCCCC[C@H](NC(=O)OC(C)(C)C)C(=O)N1C[C@H](OC(=O)c3ccc4c(c3)OCCO4)C[C@H]1C(=O)N2. The molecule has 4 amide bonds. The van der Waals surface area contributed by atoms with Gasteiger partial charge in [0.05, 0.1) is 12.1 Å². The topological polar surface area (TPSA) is 199 Å². The summed E-state index contributed by atoms with van der Waals surface area (Å²) >= 11 is 0. The summed E-state index contributed by atoms with van der Waals surface area (Å²) in [5.41, 5.74) is -2.26. The molecule has 3 N–H and O–H groups in total. The Morgan fingerprint density at radius 2 is 1.78 bits per heavy atom. The van der Waals surface area contributed by atoms with Crippen LogP contribution in [0.3, 0.4) is 0 Å². The Bertz CT molecular complexity index is 1670. The number of fused-ring (bicyclic) bond motifs is 3. The second-order valence-corrected chi connectivity index (χ2v) is 16.3. The summed E-state index contributed by atoms with van der Waals surface area (Å²) in [5, 5.41) is 5.42. The van der Waals surface area contributed by atoms with Gasteiger partial charge in [0, 0.05) is 26.4 Å². The lowest BCUT2D eigenvalue weighted by atomic mass is 10.0. The predicted octanol–water partition coefficient (Wildman–Crippen LogP) is 1.80. The molecule has 2 fully saturated rings. The number of allylic oxidation sites excluding steroid dienone is 1. The van der Waals surface area contributed by atoms with E-state index in [0.717, 1.165) is 17.1 Å². The number of ether oxygens (including phenoxy) is 4. The molecule has 280 valence electrons. The van der Waals surface area contributed by atoms with Crippen LogP contribution in [0.5, 0.6) is 11.5 Å². The van der Waals surface area contributed by atoms with Gasteiger partial charge in [0.1, 0.15) is 42.5 Å². The van der Waals surface area contributed by atoms with Crippen molar-refractivity contribution in [3.63, 3.8) is 0 Å². The van der Waals surface area contributed by atoms with Crippen molar-refractivity contribution in [2.75, 3.05) is 33.9 Å². The molecule has 1 aromatic carbocycles. The van der Waals surface area contributed by atoms with Crippen LogP contribution >= 0.6 is 0 Å². The minimum atomic E-state index is -4.19. The summed E-state index contributed by atoms with van der Waals surface area (Å²) in [4.78, 5) is 69.4. The van der Waals surface area contributed by atoms with Crippen molar-refractivity contribution in [1.82, 2.24) is 24.6 Å². The summed E-state index contributed by atoms with van der Waals surface area (Å²) < 4.78 is 50.5. The number of carbonyl (C=O) groups is 5. The molecule has 5 rings (SSSR count). The van der Waals surface area contributed by atoms with Gasteiger partial charge in [0.15, 0.2) is 11.5 Å². The molecule has 51 heavy (non-hydrogen) atoms. The van der Waals surface area contributed by atoms with Gasteiger partial charge in [-0.1, -0.05) is 25.0 Å². The van der Waals surface area contributed by atoms with E-state index in [1.54, 1.807) is 32.9 Å². The molecule has 0 radical (unpaired) electrons. The van der Waals surface area contributed by atoms with Crippen LogP contribution in [0.25, 0.3) is 0 Å². The number of benzene rings is 1. The van der Waals surface area contributed by atoms with Gasteiger partial charge >= 0.3 is 22.3 Å². The van der Waals surface area contributed by atoms with E-state index in [4.69, 9.17) is 18.9 Å². The maximum absolute atomic E-state index is 14.3. The van der Waals surface area contributed by atoms with Gasteiger partial charge in [-0.3, -0.25) is 14.4 Å². The lowest BCUT2D eigenvalue weighted by Gasteiger charge is -2.30. The average molecular weight is 734 g/mol. The first-order chi connectivity index (χ1) is 24.0. The fourth-order valence-electron chi connectivity index (χ4n) is 6.30. The highest BCUT2D eigenvalue weighted by molar-refractivity contribution is 7.87. The largest absolute Gasteiger partial charge is 0.486 e. The normalized spacial score (nSPS) is 27.5. The number of alkyl carbamates (subject to hydrolysis) is 1. The van der Waals surface area contributed by atoms with E-state index in [1.165, 1.54) is 31.1 Å². The first-order valence-electron chi connectivity index (χ1n) is 17.1. The molecule has 1 aliphatic carbocycles. The summed E-state index contributed by atoms with van der Waals surface area (Å²) in [6, 6.07) is 2.31. The molecule has 1 saturated carbocycles. The lowest BCUT2D eigenvalue weighted by molar-refractivity contribution is -0.141. The molecule has 0 spiro atoms. The zero-order chi connectivity index (χ0) is 37.1. The molecule has 16 nitrogen and oxygen atoms in total. The number of hydrogen-bond acceptors (Lipinski definition) is 11. The molecule has 5 atom stereocenters. The van der Waals surface area contributed by atoms with Crippen molar-refractivity contribution in [3.8, 4) is 11.5 Å². The third kappa shape index (κ3) is 9.11. The molecule has 0 unspecified atom stereocenters. The summed E-state index contributed by atoms with van der Waals surface area (Å²) in [7, 11) is -1.65. The smallest absolute Gasteiger partial charge is 0.408 e. The fourth-order valence-corrected chi connectivity index (χ4v) is 6.90. The Labute approximate surface area is 297 Å². The molecule has 3 heterocycles. The van der Waals surface area contributed by atoms with Crippen LogP contribution in [-0.4, -0.2) is 111 Å². The molecule has 0 bridgehead atoms. The number of carbonyl (C=O) groups excluding carboxylic acids is 5. The molecule has 0 aromatic heterocycles. The molecule has 4 aliphatic rings. The van der Waals surface area contributed by atoms with Crippen LogP contribution in [-0.2, 0) is 34.1 Å². The zero-order valence-corrected chi connectivity index (χ0v) is 30.4. The Balaban J connectivity index is 1.43. The van der Waals surface area contributed by atoms with Gasteiger partial charge in [-0.05, 0) is 64.7 Å². The Morgan fingerprint density at radius 3 is 2.49 bits per heavy atom. The highest BCUT2D eigenvalue weighted by atomic mass is 32.2. The highest BCUT2D eigenvalue weighted by Gasteiger charge is 2.61. The number of nitrogens with zero attached hydrogens (tertiary/aromatic N) is 2. The molecule has 3 aliphatic heterocycles. The molecule has 1 saturated heterocycles. The van der Waals surface area contributed by atoms with Crippen molar-refractivity contribution >= 4 is 40.0 Å². The van der Waals surface area contributed by atoms with E-state index in [9.17, 15) is 32.4 Å². The van der Waals surface area contributed by atoms with Crippen LogP contribution in [0.1, 0.15) is 76.1 Å². The fraction of sp³-hybridized carbons (Fsp3) is 0.618. The first-order valence-corrected chi connectivity index (χ1v) is 18.6.